The summed E-state index contributed by atoms with van der Waals surface area (Å²) in [5, 5.41) is 8.62. The second kappa shape index (κ2) is 3.76. The molecule has 0 aliphatic rings. The van der Waals surface area contributed by atoms with Crippen molar-refractivity contribution in [2.45, 2.75) is 0 Å². The Morgan fingerprint density at radius 2 is 2.27 bits per heavy atom. The van der Waals surface area contributed by atoms with Gasteiger partial charge in [0.1, 0.15) is 18.2 Å². The van der Waals surface area contributed by atoms with Crippen LogP contribution in [0.4, 0.5) is 0 Å². The molecular formula is C11H8N4. The highest BCUT2D eigenvalue weighted by Crippen LogP contribution is 2.07. The molecule has 0 fully saturated rings. The Labute approximate surface area is 87.1 Å². The van der Waals surface area contributed by atoms with Crippen molar-refractivity contribution in [2.75, 3.05) is 0 Å². The third kappa shape index (κ3) is 1.76. The van der Waals surface area contributed by atoms with Crippen LogP contribution in [0.25, 0.3) is 11.9 Å². The average Bonchev–Trinajstić information content (AvgIpc) is 2.78. The van der Waals surface area contributed by atoms with E-state index >= 15 is 0 Å². The molecular weight excluding hydrogens is 188 g/mol. The van der Waals surface area contributed by atoms with Gasteiger partial charge in [-0.25, -0.2) is 9.97 Å². The van der Waals surface area contributed by atoms with Crippen molar-refractivity contribution in [1.29, 1.82) is 5.26 Å². The summed E-state index contributed by atoms with van der Waals surface area (Å²) in [6.07, 6.45) is 6.64. The van der Waals surface area contributed by atoms with E-state index < -0.39 is 0 Å². The summed E-state index contributed by atoms with van der Waals surface area (Å²) < 4.78 is 1.70. The van der Waals surface area contributed by atoms with E-state index in [-0.39, 0.29) is 0 Å². The molecule has 4 heteroatoms. The van der Waals surface area contributed by atoms with E-state index in [1.807, 2.05) is 18.2 Å². The second-order valence-electron chi connectivity index (χ2n) is 2.93. The molecule has 2 aromatic rings. The maximum Gasteiger partial charge on any atom is 0.158 e. The number of hydrogen-bond acceptors (Lipinski definition) is 3. The lowest BCUT2D eigenvalue weighted by Crippen LogP contribution is -1.93. The lowest BCUT2D eigenvalue weighted by Gasteiger charge is -1.99. The van der Waals surface area contributed by atoms with E-state index in [9.17, 15) is 0 Å². The molecule has 0 aliphatic heterocycles. The normalized spacial score (nSPS) is 9.53. The first kappa shape index (κ1) is 9.16. The lowest BCUT2D eigenvalue weighted by atomic mass is 10.3. The number of nitriles is 1. The van der Waals surface area contributed by atoms with Crippen LogP contribution in [-0.4, -0.2) is 14.5 Å². The number of pyridine rings is 1. The van der Waals surface area contributed by atoms with Crippen LogP contribution >= 0.6 is 0 Å². The van der Waals surface area contributed by atoms with Gasteiger partial charge in [-0.15, -0.1) is 0 Å². The molecule has 0 aliphatic carbocycles. The van der Waals surface area contributed by atoms with E-state index in [0.717, 1.165) is 11.4 Å². The molecule has 15 heavy (non-hydrogen) atoms. The van der Waals surface area contributed by atoms with Crippen LogP contribution < -0.4 is 0 Å². The van der Waals surface area contributed by atoms with E-state index in [1.54, 1.807) is 29.4 Å². The maximum atomic E-state index is 8.62. The third-order valence-corrected chi connectivity index (χ3v) is 1.97. The Hall–Kier alpha value is -2.41. The summed E-state index contributed by atoms with van der Waals surface area (Å²) >= 11 is 0. The highest BCUT2D eigenvalue weighted by Gasteiger charge is 2.00. The van der Waals surface area contributed by atoms with Crippen LogP contribution in [0.3, 0.4) is 0 Å². The molecule has 0 bridgehead atoms. The van der Waals surface area contributed by atoms with Gasteiger partial charge in [0.2, 0.25) is 0 Å². The summed E-state index contributed by atoms with van der Waals surface area (Å²) in [6, 6.07) is 5.71. The van der Waals surface area contributed by atoms with Crippen molar-refractivity contribution in [3.63, 3.8) is 0 Å². The van der Waals surface area contributed by atoms with Crippen LogP contribution in [0.15, 0.2) is 37.4 Å². The molecule has 0 unspecified atom stereocenters. The molecule has 0 saturated heterocycles. The molecule has 0 aromatic carbocycles. The van der Waals surface area contributed by atoms with Gasteiger partial charge >= 0.3 is 0 Å². The third-order valence-electron chi connectivity index (χ3n) is 1.97. The smallest absolute Gasteiger partial charge is 0.158 e. The number of rotatable bonds is 2. The Morgan fingerprint density at radius 3 is 2.80 bits per heavy atom. The standard InChI is InChI=1S/C11H8N4/c1-2-9-3-4-11(13-6-9)15-7-10(5-12)14-8-15/h2-4,6-8H,1H2. The molecule has 72 valence electrons. The van der Waals surface area contributed by atoms with Gasteiger partial charge in [-0.05, 0) is 17.7 Å². The molecule has 4 nitrogen and oxygen atoms in total. The SMILES string of the molecule is C=Cc1ccc(-n2cnc(C#N)c2)nc1. The number of imidazole rings is 1. The van der Waals surface area contributed by atoms with Gasteiger partial charge < -0.3 is 0 Å². The molecule has 2 rings (SSSR count). The van der Waals surface area contributed by atoms with Crippen molar-refractivity contribution in [3.8, 4) is 11.9 Å². The summed E-state index contributed by atoms with van der Waals surface area (Å²) in [6.45, 7) is 3.65. The average molecular weight is 196 g/mol. The lowest BCUT2D eigenvalue weighted by molar-refractivity contribution is 0.992. The van der Waals surface area contributed by atoms with Gasteiger partial charge in [-0.2, -0.15) is 5.26 Å². The maximum absolute atomic E-state index is 8.62. The van der Waals surface area contributed by atoms with Gasteiger partial charge in [0, 0.05) is 12.4 Å². The summed E-state index contributed by atoms with van der Waals surface area (Å²) in [5.41, 5.74) is 1.34. The van der Waals surface area contributed by atoms with Crippen molar-refractivity contribution >= 4 is 6.08 Å². The zero-order chi connectivity index (χ0) is 10.7. The molecule has 0 spiro atoms. The van der Waals surface area contributed by atoms with Crippen molar-refractivity contribution < 1.29 is 0 Å². The minimum Gasteiger partial charge on any atom is -0.289 e. The molecule has 0 N–H and O–H groups in total. The minimum absolute atomic E-state index is 0.379. The van der Waals surface area contributed by atoms with E-state index in [1.165, 1.54) is 0 Å². The van der Waals surface area contributed by atoms with Gasteiger partial charge in [-0.3, -0.25) is 4.57 Å². The fraction of sp³-hybridized carbons (Fsp3) is 0. The minimum atomic E-state index is 0.379. The summed E-state index contributed by atoms with van der Waals surface area (Å²) in [7, 11) is 0. The fourth-order valence-electron chi connectivity index (χ4n) is 1.18. The molecule has 0 radical (unpaired) electrons. The molecule has 0 atom stereocenters. The quantitative estimate of drug-likeness (QED) is 0.735. The van der Waals surface area contributed by atoms with Gasteiger partial charge in [0.05, 0.1) is 0 Å². The fourth-order valence-corrected chi connectivity index (χ4v) is 1.18. The Bertz CT molecular complexity index is 516. The molecule has 2 heterocycles. The van der Waals surface area contributed by atoms with E-state index in [2.05, 4.69) is 16.5 Å². The van der Waals surface area contributed by atoms with Gasteiger partial charge in [0.25, 0.3) is 0 Å². The largest absolute Gasteiger partial charge is 0.289 e. The summed E-state index contributed by atoms with van der Waals surface area (Å²) in [4.78, 5) is 8.11. The summed E-state index contributed by atoms with van der Waals surface area (Å²) in [5.74, 6) is 0.731. The van der Waals surface area contributed by atoms with Crippen LogP contribution in [0.5, 0.6) is 0 Å². The van der Waals surface area contributed by atoms with E-state index in [0.29, 0.717) is 5.69 Å². The van der Waals surface area contributed by atoms with Crippen LogP contribution in [-0.2, 0) is 0 Å². The molecule has 0 amide bonds. The highest BCUT2D eigenvalue weighted by atomic mass is 15.1. The van der Waals surface area contributed by atoms with Crippen LogP contribution in [0.2, 0.25) is 0 Å². The number of aromatic nitrogens is 3. The first-order valence-corrected chi connectivity index (χ1v) is 4.36. The zero-order valence-electron chi connectivity index (χ0n) is 7.96. The van der Waals surface area contributed by atoms with Crippen LogP contribution in [0.1, 0.15) is 11.3 Å². The Balaban J connectivity index is 2.37. The second-order valence-corrected chi connectivity index (χ2v) is 2.93. The van der Waals surface area contributed by atoms with Gasteiger partial charge in [0.15, 0.2) is 5.69 Å². The van der Waals surface area contributed by atoms with Gasteiger partial charge in [-0.1, -0.05) is 12.7 Å². The highest BCUT2D eigenvalue weighted by molar-refractivity contribution is 5.46. The predicted octanol–water partition coefficient (Wildman–Crippen LogP) is 1.78. The Morgan fingerprint density at radius 1 is 1.40 bits per heavy atom. The van der Waals surface area contributed by atoms with Crippen molar-refractivity contribution in [1.82, 2.24) is 14.5 Å². The number of nitrogens with zero attached hydrogens (tertiary/aromatic N) is 4. The first-order chi connectivity index (χ1) is 7.33. The monoisotopic (exact) mass is 196 g/mol. The topological polar surface area (TPSA) is 54.5 Å². The zero-order valence-corrected chi connectivity index (χ0v) is 7.96. The number of hydrogen-bond donors (Lipinski definition) is 0. The van der Waals surface area contributed by atoms with Crippen LogP contribution in [0, 0.1) is 11.3 Å². The predicted molar refractivity (Wildman–Crippen MR) is 56.2 cm³/mol. The van der Waals surface area contributed by atoms with Crippen molar-refractivity contribution in [2.24, 2.45) is 0 Å². The van der Waals surface area contributed by atoms with E-state index in [4.69, 9.17) is 5.26 Å². The molecule has 0 saturated carbocycles. The Kier molecular flexibility index (Phi) is 2.30. The first-order valence-electron chi connectivity index (χ1n) is 4.36. The molecule has 2 aromatic heterocycles. The van der Waals surface area contributed by atoms with Crippen molar-refractivity contribution in [3.05, 3.63) is 48.7 Å².